The van der Waals surface area contributed by atoms with Gasteiger partial charge in [0.15, 0.2) is 6.61 Å². The fourth-order valence-electron chi connectivity index (χ4n) is 0.747. The molecule has 0 aliphatic rings. The van der Waals surface area contributed by atoms with Crippen molar-refractivity contribution in [3.8, 4) is 5.75 Å². The van der Waals surface area contributed by atoms with Gasteiger partial charge in [-0.15, -0.1) is 0 Å². The zero-order valence-electron chi connectivity index (χ0n) is 6.79. The van der Waals surface area contributed by atoms with Crippen LogP contribution in [0.3, 0.4) is 0 Å². The summed E-state index contributed by atoms with van der Waals surface area (Å²) in [4.78, 5) is 10.7. The number of nitrogens with two attached hydrogens (primary N) is 1. The van der Waals surface area contributed by atoms with Gasteiger partial charge in [0.05, 0.1) is 4.47 Å². The first kappa shape index (κ1) is 10.0. The molecule has 1 aromatic carbocycles. The minimum atomic E-state index is -0.365. The molecule has 0 radical (unpaired) electrons. The molecule has 0 unspecified atom stereocenters. The summed E-state index contributed by atoms with van der Waals surface area (Å²) < 4.78 is 5.96. The average Bonchev–Trinajstić information content (AvgIpc) is 2.16. The standard InChI is InChI=1S/C8H9BrN2O2/c9-6-3-1-2-4-7(6)13-5-8(12)11-10/h1-4H,5,10H2,(H,11,12). The SMILES string of the molecule is NNC(=O)COc1ccccc1Br. The lowest BCUT2D eigenvalue weighted by Crippen LogP contribution is -2.34. The Bertz CT molecular complexity index is 304. The number of hydrazine groups is 1. The van der Waals surface area contributed by atoms with E-state index in [2.05, 4.69) is 15.9 Å². The van der Waals surface area contributed by atoms with Crippen molar-refractivity contribution in [3.05, 3.63) is 28.7 Å². The highest BCUT2D eigenvalue weighted by Gasteiger charge is 2.02. The third kappa shape index (κ3) is 3.04. The zero-order valence-corrected chi connectivity index (χ0v) is 8.37. The summed E-state index contributed by atoms with van der Waals surface area (Å²) in [5.74, 6) is 5.13. The van der Waals surface area contributed by atoms with E-state index in [4.69, 9.17) is 10.6 Å². The van der Waals surface area contributed by atoms with E-state index < -0.39 is 0 Å². The van der Waals surface area contributed by atoms with Crippen LogP contribution in [0, 0.1) is 0 Å². The van der Waals surface area contributed by atoms with Crippen LogP contribution < -0.4 is 16.0 Å². The summed E-state index contributed by atoms with van der Waals surface area (Å²) in [6.07, 6.45) is 0. The van der Waals surface area contributed by atoms with Crippen molar-refractivity contribution in [1.82, 2.24) is 5.43 Å². The van der Waals surface area contributed by atoms with Crippen LogP contribution in [0.15, 0.2) is 28.7 Å². The Morgan fingerprint density at radius 3 is 2.85 bits per heavy atom. The molecule has 4 nitrogen and oxygen atoms in total. The van der Waals surface area contributed by atoms with Crippen LogP contribution >= 0.6 is 15.9 Å². The number of nitrogens with one attached hydrogen (secondary N) is 1. The average molecular weight is 245 g/mol. The summed E-state index contributed by atoms with van der Waals surface area (Å²) in [6, 6.07) is 7.27. The van der Waals surface area contributed by atoms with Gasteiger partial charge in [-0.25, -0.2) is 5.84 Å². The van der Waals surface area contributed by atoms with Gasteiger partial charge in [-0.1, -0.05) is 12.1 Å². The normalized spacial score (nSPS) is 9.38. The van der Waals surface area contributed by atoms with Gasteiger partial charge in [-0.3, -0.25) is 10.2 Å². The first-order valence-corrected chi connectivity index (χ1v) is 4.40. The predicted octanol–water partition coefficient (Wildman–Crippen LogP) is 0.818. The van der Waals surface area contributed by atoms with Crippen LogP contribution in [0.25, 0.3) is 0 Å². The highest BCUT2D eigenvalue weighted by molar-refractivity contribution is 9.10. The molecule has 3 N–H and O–H groups in total. The Hall–Kier alpha value is -1.07. The molecule has 0 saturated heterocycles. The van der Waals surface area contributed by atoms with E-state index in [-0.39, 0.29) is 12.5 Å². The largest absolute Gasteiger partial charge is 0.483 e. The van der Waals surface area contributed by atoms with E-state index in [0.29, 0.717) is 5.75 Å². The molecule has 0 fully saturated rings. The van der Waals surface area contributed by atoms with E-state index >= 15 is 0 Å². The summed E-state index contributed by atoms with van der Waals surface area (Å²) >= 11 is 3.28. The highest BCUT2D eigenvalue weighted by atomic mass is 79.9. The Balaban J connectivity index is 2.54. The maximum Gasteiger partial charge on any atom is 0.271 e. The van der Waals surface area contributed by atoms with Crippen LogP contribution in [-0.4, -0.2) is 12.5 Å². The summed E-state index contributed by atoms with van der Waals surface area (Å²) in [5, 5.41) is 0. The first-order chi connectivity index (χ1) is 6.24. The number of halogens is 1. The molecule has 70 valence electrons. The predicted molar refractivity (Wildman–Crippen MR) is 52.0 cm³/mol. The van der Waals surface area contributed by atoms with Crippen molar-refractivity contribution in [2.45, 2.75) is 0 Å². The van der Waals surface area contributed by atoms with E-state index in [9.17, 15) is 4.79 Å². The molecular weight excluding hydrogens is 236 g/mol. The molecule has 13 heavy (non-hydrogen) atoms. The van der Waals surface area contributed by atoms with Crippen molar-refractivity contribution in [1.29, 1.82) is 0 Å². The monoisotopic (exact) mass is 244 g/mol. The van der Waals surface area contributed by atoms with Gasteiger partial charge in [-0.2, -0.15) is 0 Å². The van der Waals surface area contributed by atoms with Crippen molar-refractivity contribution < 1.29 is 9.53 Å². The number of hydrogen-bond acceptors (Lipinski definition) is 3. The zero-order chi connectivity index (χ0) is 9.68. The van der Waals surface area contributed by atoms with Gasteiger partial charge in [-0.05, 0) is 28.1 Å². The molecule has 0 aliphatic carbocycles. The van der Waals surface area contributed by atoms with Crippen molar-refractivity contribution >= 4 is 21.8 Å². The molecule has 0 aromatic heterocycles. The Morgan fingerprint density at radius 2 is 2.23 bits per heavy atom. The lowest BCUT2D eigenvalue weighted by atomic mass is 10.3. The number of rotatable bonds is 3. The molecule has 1 aromatic rings. The summed E-state index contributed by atoms with van der Waals surface area (Å²) in [7, 11) is 0. The number of para-hydroxylation sites is 1. The third-order valence-corrected chi connectivity index (χ3v) is 2.01. The number of benzene rings is 1. The van der Waals surface area contributed by atoms with Gasteiger partial charge in [0.1, 0.15) is 5.75 Å². The van der Waals surface area contributed by atoms with Crippen molar-refractivity contribution in [3.63, 3.8) is 0 Å². The van der Waals surface area contributed by atoms with Crippen LogP contribution in [0.5, 0.6) is 5.75 Å². The minimum Gasteiger partial charge on any atom is -0.483 e. The van der Waals surface area contributed by atoms with Gasteiger partial charge >= 0.3 is 0 Å². The first-order valence-electron chi connectivity index (χ1n) is 3.61. The Labute approximate surface area is 84.2 Å². The van der Waals surface area contributed by atoms with Gasteiger partial charge in [0, 0.05) is 0 Å². The third-order valence-electron chi connectivity index (χ3n) is 1.36. The molecule has 0 aliphatic heterocycles. The fraction of sp³-hybridized carbons (Fsp3) is 0.125. The molecule has 0 heterocycles. The number of carbonyl (C=O) groups excluding carboxylic acids is 1. The minimum absolute atomic E-state index is 0.0842. The topological polar surface area (TPSA) is 64.3 Å². The number of hydrogen-bond donors (Lipinski definition) is 2. The molecule has 0 bridgehead atoms. The second-order valence-electron chi connectivity index (χ2n) is 2.29. The summed E-state index contributed by atoms with van der Waals surface area (Å²) in [6.45, 7) is -0.0842. The second-order valence-corrected chi connectivity index (χ2v) is 3.14. The van der Waals surface area contributed by atoms with Crippen LogP contribution in [0.1, 0.15) is 0 Å². The molecule has 5 heteroatoms. The van der Waals surface area contributed by atoms with Gasteiger partial charge < -0.3 is 4.74 Å². The number of carbonyl (C=O) groups is 1. The van der Waals surface area contributed by atoms with E-state index in [0.717, 1.165) is 4.47 Å². The van der Waals surface area contributed by atoms with Gasteiger partial charge in [0.2, 0.25) is 0 Å². The van der Waals surface area contributed by atoms with E-state index in [1.54, 1.807) is 6.07 Å². The van der Waals surface area contributed by atoms with Crippen LogP contribution in [0.2, 0.25) is 0 Å². The number of amides is 1. The smallest absolute Gasteiger partial charge is 0.271 e. The molecule has 0 spiro atoms. The van der Waals surface area contributed by atoms with E-state index in [1.165, 1.54) is 0 Å². The fourth-order valence-corrected chi connectivity index (χ4v) is 1.15. The Morgan fingerprint density at radius 1 is 1.54 bits per heavy atom. The second kappa shape index (κ2) is 4.84. The lowest BCUT2D eigenvalue weighted by Gasteiger charge is -2.05. The number of ether oxygens (including phenoxy) is 1. The van der Waals surface area contributed by atoms with Crippen molar-refractivity contribution in [2.24, 2.45) is 5.84 Å². The van der Waals surface area contributed by atoms with Gasteiger partial charge in [0.25, 0.3) is 5.91 Å². The highest BCUT2D eigenvalue weighted by Crippen LogP contribution is 2.23. The molecule has 1 rings (SSSR count). The van der Waals surface area contributed by atoms with E-state index in [1.807, 2.05) is 23.6 Å². The van der Waals surface area contributed by atoms with Crippen LogP contribution in [0.4, 0.5) is 0 Å². The quantitative estimate of drug-likeness (QED) is 0.470. The lowest BCUT2D eigenvalue weighted by molar-refractivity contribution is -0.123. The molecule has 0 saturated carbocycles. The molecular formula is C8H9BrN2O2. The summed E-state index contributed by atoms with van der Waals surface area (Å²) in [5.41, 5.74) is 1.98. The maximum atomic E-state index is 10.7. The van der Waals surface area contributed by atoms with Crippen molar-refractivity contribution in [2.75, 3.05) is 6.61 Å². The maximum absolute atomic E-state index is 10.7. The Kier molecular flexibility index (Phi) is 3.72. The molecule has 1 amide bonds. The molecule has 0 atom stereocenters. The van der Waals surface area contributed by atoms with Crippen LogP contribution in [-0.2, 0) is 4.79 Å².